The Morgan fingerprint density at radius 2 is 2.33 bits per heavy atom. The molecular formula is C13H24N2O3. The highest BCUT2D eigenvalue weighted by molar-refractivity contribution is 5.74. The molecule has 2 heterocycles. The molecule has 2 amide bonds. The van der Waals surface area contributed by atoms with Crippen molar-refractivity contribution in [1.82, 2.24) is 10.2 Å². The third-order valence-electron chi connectivity index (χ3n) is 3.94. The summed E-state index contributed by atoms with van der Waals surface area (Å²) in [5.74, 6) is 0.479. The maximum atomic E-state index is 12.1. The molecule has 0 radical (unpaired) electrons. The molecule has 0 aromatic carbocycles. The van der Waals surface area contributed by atoms with Crippen LogP contribution in [-0.2, 0) is 9.47 Å². The van der Waals surface area contributed by atoms with E-state index >= 15 is 0 Å². The number of carbonyl (C=O) groups excluding carboxylic acids is 1. The second-order valence-electron chi connectivity index (χ2n) is 5.49. The predicted octanol–water partition coefficient (Wildman–Crippen LogP) is 1.23. The van der Waals surface area contributed by atoms with Gasteiger partial charge in [0.05, 0.1) is 25.4 Å². The quantitative estimate of drug-likeness (QED) is 0.826. The fraction of sp³-hybridized carbons (Fsp3) is 0.923. The number of amides is 2. The molecule has 0 saturated carbocycles. The fourth-order valence-corrected chi connectivity index (χ4v) is 2.41. The van der Waals surface area contributed by atoms with Crippen molar-refractivity contribution in [1.29, 1.82) is 0 Å². The molecule has 0 unspecified atom stereocenters. The van der Waals surface area contributed by atoms with Gasteiger partial charge in [-0.1, -0.05) is 6.92 Å². The highest BCUT2D eigenvalue weighted by Gasteiger charge is 2.32. The summed E-state index contributed by atoms with van der Waals surface area (Å²) < 4.78 is 11.0. The summed E-state index contributed by atoms with van der Waals surface area (Å²) >= 11 is 0. The van der Waals surface area contributed by atoms with E-state index in [-0.39, 0.29) is 11.6 Å². The lowest BCUT2D eigenvalue weighted by molar-refractivity contribution is -0.0873. The van der Waals surface area contributed by atoms with Crippen LogP contribution in [0.25, 0.3) is 0 Å². The summed E-state index contributed by atoms with van der Waals surface area (Å²) in [6.45, 7) is 8.47. The summed E-state index contributed by atoms with van der Waals surface area (Å²) in [5.41, 5.74) is -0.188. The molecule has 2 atom stereocenters. The summed E-state index contributed by atoms with van der Waals surface area (Å²) in [4.78, 5) is 13.9. The van der Waals surface area contributed by atoms with Gasteiger partial charge < -0.3 is 19.7 Å². The fourth-order valence-electron chi connectivity index (χ4n) is 2.41. The Morgan fingerprint density at radius 3 is 3.00 bits per heavy atom. The van der Waals surface area contributed by atoms with E-state index in [1.54, 1.807) is 0 Å². The standard InChI is InChI=1S/C13H24N2O3/c1-3-13(2)10-15(5-7-18-13)12(16)14-8-11-4-6-17-9-11/h11H,3-10H2,1-2H3,(H,14,16)/t11-,13+/m1/s1. The van der Waals surface area contributed by atoms with Gasteiger partial charge >= 0.3 is 6.03 Å². The van der Waals surface area contributed by atoms with Crippen LogP contribution in [0.1, 0.15) is 26.7 Å². The Morgan fingerprint density at radius 1 is 1.50 bits per heavy atom. The first kappa shape index (κ1) is 13.6. The van der Waals surface area contributed by atoms with Gasteiger partial charge in [0.15, 0.2) is 0 Å². The number of nitrogens with zero attached hydrogens (tertiary/aromatic N) is 1. The smallest absolute Gasteiger partial charge is 0.317 e. The number of rotatable bonds is 3. The summed E-state index contributed by atoms with van der Waals surface area (Å²) in [5, 5.41) is 3.01. The van der Waals surface area contributed by atoms with E-state index in [0.29, 0.717) is 25.6 Å². The number of hydrogen-bond donors (Lipinski definition) is 1. The van der Waals surface area contributed by atoms with Gasteiger partial charge in [-0.15, -0.1) is 0 Å². The Kier molecular flexibility index (Phi) is 4.45. The molecule has 2 saturated heterocycles. The van der Waals surface area contributed by atoms with Crippen LogP contribution in [0.5, 0.6) is 0 Å². The van der Waals surface area contributed by atoms with Crippen molar-refractivity contribution in [2.24, 2.45) is 5.92 Å². The van der Waals surface area contributed by atoms with Crippen molar-refractivity contribution in [3.05, 3.63) is 0 Å². The van der Waals surface area contributed by atoms with Gasteiger partial charge in [0.2, 0.25) is 0 Å². The van der Waals surface area contributed by atoms with E-state index in [0.717, 1.165) is 32.6 Å². The summed E-state index contributed by atoms with van der Waals surface area (Å²) in [7, 11) is 0. The van der Waals surface area contributed by atoms with Crippen molar-refractivity contribution in [2.75, 3.05) is 39.5 Å². The second-order valence-corrected chi connectivity index (χ2v) is 5.49. The van der Waals surface area contributed by atoms with Crippen molar-refractivity contribution in [3.63, 3.8) is 0 Å². The van der Waals surface area contributed by atoms with Gasteiger partial charge in [-0.3, -0.25) is 0 Å². The Bertz CT molecular complexity index is 292. The molecule has 0 bridgehead atoms. The minimum atomic E-state index is -0.188. The van der Waals surface area contributed by atoms with Crippen LogP contribution in [0, 0.1) is 5.92 Å². The lowest BCUT2D eigenvalue weighted by Gasteiger charge is -2.40. The van der Waals surface area contributed by atoms with Crippen LogP contribution in [0.15, 0.2) is 0 Å². The van der Waals surface area contributed by atoms with E-state index in [2.05, 4.69) is 19.2 Å². The lowest BCUT2D eigenvalue weighted by Crippen LogP contribution is -2.54. The van der Waals surface area contributed by atoms with Crippen LogP contribution < -0.4 is 5.32 Å². The molecule has 5 nitrogen and oxygen atoms in total. The van der Waals surface area contributed by atoms with Crippen LogP contribution in [0.4, 0.5) is 4.79 Å². The molecular weight excluding hydrogens is 232 g/mol. The monoisotopic (exact) mass is 256 g/mol. The van der Waals surface area contributed by atoms with E-state index in [1.807, 2.05) is 4.90 Å². The van der Waals surface area contributed by atoms with Gasteiger partial charge in [-0.05, 0) is 19.8 Å². The zero-order chi connectivity index (χ0) is 13.0. The van der Waals surface area contributed by atoms with Crippen molar-refractivity contribution < 1.29 is 14.3 Å². The van der Waals surface area contributed by atoms with E-state index in [4.69, 9.17) is 9.47 Å². The largest absolute Gasteiger partial charge is 0.381 e. The molecule has 2 aliphatic rings. The molecule has 1 N–H and O–H groups in total. The number of hydrogen-bond acceptors (Lipinski definition) is 3. The zero-order valence-electron chi connectivity index (χ0n) is 11.4. The Balaban J connectivity index is 1.77. The molecule has 104 valence electrons. The van der Waals surface area contributed by atoms with Gasteiger partial charge in [0.1, 0.15) is 0 Å². The first-order chi connectivity index (χ1) is 8.63. The molecule has 2 rings (SSSR count). The van der Waals surface area contributed by atoms with Crippen molar-refractivity contribution >= 4 is 6.03 Å². The molecule has 5 heteroatoms. The average molecular weight is 256 g/mol. The Hall–Kier alpha value is -0.810. The lowest BCUT2D eigenvalue weighted by atomic mass is 10.0. The number of carbonyl (C=O) groups is 1. The first-order valence-electron chi connectivity index (χ1n) is 6.87. The van der Waals surface area contributed by atoms with Crippen LogP contribution >= 0.6 is 0 Å². The maximum absolute atomic E-state index is 12.1. The molecule has 2 fully saturated rings. The predicted molar refractivity (Wildman–Crippen MR) is 68.5 cm³/mol. The number of ether oxygens (including phenoxy) is 2. The van der Waals surface area contributed by atoms with Crippen molar-refractivity contribution in [3.8, 4) is 0 Å². The van der Waals surface area contributed by atoms with Crippen LogP contribution in [0.2, 0.25) is 0 Å². The molecule has 0 aliphatic carbocycles. The third-order valence-corrected chi connectivity index (χ3v) is 3.94. The van der Waals surface area contributed by atoms with Gasteiger partial charge in [0.25, 0.3) is 0 Å². The molecule has 0 spiro atoms. The first-order valence-corrected chi connectivity index (χ1v) is 6.87. The van der Waals surface area contributed by atoms with Crippen LogP contribution in [-0.4, -0.2) is 56.0 Å². The molecule has 0 aromatic rings. The van der Waals surface area contributed by atoms with E-state index in [1.165, 1.54) is 0 Å². The minimum Gasteiger partial charge on any atom is -0.381 e. The highest BCUT2D eigenvalue weighted by Crippen LogP contribution is 2.21. The minimum absolute atomic E-state index is 0.0323. The second kappa shape index (κ2) is 5.89. The molecule has 18 heavy (non-hydrogen) atoms. The third kappa shape index (κ3) is 3.36. The molecule has 0 aromatic heterocycles. The number of nitrogens with one attached hydrogen (secondary N) is 1. The maximum Gasteiger partial charge on any atom is 0.317 e. The van der Waals surface area contributed by atoms with Crippen molar-refractivity contribution in [2.45, 2.75) is 32.3 Å². The van der Waals surface area contributed by atoms with E-state index in [9.17, 15) is 4.79 Å². The normalized spacial score (nSPS) is 32.6. The Labute approximate surface area is 109 Å². The summed E-state index contributed by atoms with van der Waals surface area (Å²) in [6, 6.07) is 0.0323. The number of morpholine rings is 1. The van der Waals surface area contributed by atoms with E-state index < -0.39 is 0 Å². The highest BCUT2D eigenvalue weighted by atomic mass is 16.5. The molecule has 2 aliphatic heterocycles. The zero-order valence-corrected chi connectivity index (χ0v) is 11.4. The summed E-state index contributed by atoms with van der Waals surface area (Å²) in [6.07, 6.45) is 1.98. The van der Waals surface area contributed by atoms with Crippen LogP contribution in [0.3, 0.4) is 0 Å². The average Bonchev–Trinajstić information content (AvgIpc) is 2.89. The van der Waals surface area contributed by atoms with Gasteiger partial charge in [-0.2, -0.15) is 0 Å². The van der Waals surface area contributed by atoms with Gasteiger partial charge in [-0.25, -0.2) is 4.79 Å². The topological polar surface area (TPSA) is 50.8 Å². The SMILES string of the molecule is CC[C@@]1(C)CN(C(=O)NC[C@H]2CCOC2)CCO1. The number of urea groups is 1. The van der Waals surface area contributed by atoms with Gasteiger partial charge in [0, 0.05) is 25.6 Å².